The maximum absolute atomic E-state index is 10.9. The van der Waals surface area contributed by atoms with Gasteiger partial charge in [-0.2, -0.15) is 0 Å². The number of rotatable bonds is 18. The van der Waals surface area contributed by atoms with Crippen LogP contribution in [-0.2, 0) is 17.1 Å². The molecule has 0 saturated carbocycles. The second kappa shape index (κ2) is 24.5. The predicted octanol–water partition coefficient (Wildman–Crippen LogP) is 11.8. The third-order valence-corrected chi connectivity index (χ3v) is 18.2. The van der Waals surface area contributed by atoms with Gasteiger partial charge in [0.05, 0.1) is 0 Å². The van der Waals surface area contributed by atoms with E-state index in [0.29, 0.717) is 5.78 Å². The SMILES string of the molecule is C.C.C.C.C.C.CC(=O)CCCCCCCCCCC[Si](C)(O[Si](C)(C)C)O[Si](C)(C)O[Si](C)(C)C. The van der Waals surface area contributed by atoms with Gasteiger partial charge in [0.1, 0.15) is 5.78 Å². The minimum atomic E-state index is -2.23. The molecule has 0 fully saturated rings. The van der Waals surface area contributed by atoms with E-state index >= 15 is 0 Å². The molecule has 0 aliphatic rings. The van der Waals surface area contributed by atoms with Crippen molar-refractivity contribution in [3.05, 3.63) is 0 Å². The van der Waals surface area contributed by atoms with Crippen molar-refractivity contribution in [2.24, 2.45) is 0 Å². The number of unbranched alkanes of at least 4 members (excludes halogenated alkanes) is 8. The van der Waals surface area contributed by atoms with Crippen molar-refractivity contribution in [3.8, 4) is 0 Å². The highest BCUT2D eigenvalue weighted by Gasteiger charge is 2.44. The fourth-order valence-electron chi connectivity index (χ4n) is 4.11. The lowest BCUT2D eigenvalue weighted by Gasteiger charge is -2.41. The molecule has 1 atom stereocenters. The summed E-state index contributed by atoms with van der Waals surface area (Å²) in [5.41, 5.74) is 0. The molecule has 0 heterocycles. The number of hydrogen-bond donors (Lipinski definition) is 0. The predicted molar refractivity (Wildman–Crippen MR) is 181 cm³/mol. The van der Waals surface area contributed by atoms with Gasteiger partial charge in [-0.15, -0.1) is 0 Å². The molecule has 0 aromatic heterocycles. The monoisotopic (exact) mass is 588 g/mol. The quantitative estimate of drug-likeness (QED) is 0.118. The molecular formula is C28H76O4Si4. The van der Waals surface area contributed by atoms with Crippen molar-refractivity contribution < 1.29 is 17.1 Å². The maximum atomic E-state index is 10.9. The second-order valence-corrected chi connectivity index (χ2v) is 27.9. The van der Waals surface area contributed by atoms with Crippen LogP contribution in [0.3, 0.4) is 0 Å². The van der Waals surface area contributed by atoms with Gasteiger partial charge in [-0.05, 0) is 78.3 Å². The summed E-state index contributed by atoms with van der Waals surface area (Å²) >= 11 is 0. The zero-order chi connectivity index (χ0) is 23.5. The van der Waals surface area contributed by atoms with Crippen molar-refractivity contribution in [2.45, 2.75) is 181 Å². The van der Waals surface area contributed by atoms with Crippen LogP contribution in [0.25, 0.3) is 0 Å². The van der Waals surface area contributed by atoms with Crippen LogP contribution in [0.1, 0.15) is 116 Å². The highest BCUT2D eigenvalue weighted by atomic mass is 28.5. The van der Waals surface area contributed by atoms with E-state index in [1.807, 2.05) is 0 Å². The molecule has 1 unspecified atom stereocenters. The topological polar surface area (TPSA) is 44.8 Å². The Morgan fingerprint density at radius 1 is 0.500 bits per heavy atom. The van der Waals surface area contributed by atoms with Crippen LogP contribution in [0.4, 0.5) is 0 Å². The van der Waals surface area contributed by atoms with E-state index in [2.05, 4.69) is 58.9 Å². The minimum absolute atomic E-state index is 0. The number of carbonyl (C=O) groups excluding carboxylic acids is 1. The lowest BCUT2D eigenvalue weighted by atomic mass is 10.1. The highest BCUT2D eigenvalue weighted by molar-refractivity contribution is 6.89. The first-order valence-electron chi connectivity index (χ1n) is 12.1. The zero-order valence-corrected chi connectivity index (χ0v) is 25.9. The fourth-order valence-corrected chi connectivity index (χ4v) is 22.1. The molecule has 0 N–H and O–H groups in total. The number of ketones is 1. The number of Topliss-reactive ketones (excluding diaryl/α,β-unsaturated/α-hetero) is 1. The van der Waals surface area contributed by atoms with Crippen molar-refractivity contribution in [3.63, 3.8) is 0 Å². The first-order chi connectivity index (χ1) is 13.5. The normalized spacial score (nSPS) is 12.7. The second-order valence-electron chi connectivity index (χ2n) is 11.4. The molecule has 36 heavy (non-hydrogen) atoms. The molecule has 0 amide bonds. The maximum Gasteiger partial charge on any atom is 0.315 e. The standard InChI is InChI=1S/C22H52O4Si4.6CH4/c1-22(23)20-18-16-14-12-11-13-15-17-19-21-30(10,25-28(5,6)7)26-29(8,9)24-27(2,3)4;;;;;;/h11-21H2,1-10H3;6*1H4. The Kier molecular flexibility index (Phi) is 35.9. The summed E-state index contributed by atoms with van der Waals surface area (Å²) in [6.07, 6.45) is 12.0. The van der Waals surface area contributed by atoms with Crippen molar-refractivity contribution in [1.82, 2.24) is 0 Å². The van der Waals surface area contributed by atoms with Gasteiger partial charge < -0.3 is 17.1 Å². The molecule has 4 nitrogen and oxygen atoms in total. The van der Waals surface area contributed by atoms with Crippen LogP contribution >= 0.6 is 0 Å². The Hall–Kier alpha value is 0.418. The van der Waals surface area contributed by atoms with E-state index in [-0.39, 0.29) is 44.6 Å². The summed E-state index contributed by atoms with van der Waals surface area (Å²) < 4.78 is 19.9. The van der Waals surface area contributed by atoms with E-state index in [4.69, 9.17) is 12.3 Å². The van der Waals surface area contributed by atoms with Crippen LogP contribution in [-0.4, -0.2) is 39.5 Å². The molecule has 228 valence electrons. The summed E-state index contributed by atoms with van der Waals surface area (Å²) in [5, 5.41) is 0. The zero-order valence-electron chi connectivity index (χ0n) is 21.9. The molecule has 0 spiro atoms. The summed E-state index contributed by atoms with van der Waals surface area (Å²) in [4.78, 5) is 10.9. The van der Waals surface area contributed by atoms with Crippen molar-refractivity contribution in [2.75, 3.05) is 0 Å². The molecule has 0 saturated heterocycles. The Morgan fingerprint density at radius 2 is 0.833 bits per heavy atom. The summed E-state index contributed by atoms with van der Waals surface area (Å²) in [6.45, 7) is 21.9. The molecule has 0 bridgehead atoms. The van der Waals surface area contributed by atoms with Gasteiger partial charge in [0.25, 0.3) is 0 Å². The van der Waals surface area contributed by atoms with Gasteiger partial charge in [-0.1, -0.05) is 95.9 Å². The van der Waals surface area contributed by atoms with E-state index in [1.54, 1.807) is 6.92 Å². The molecule has 0 aliphatic carbocycles. The Morgan fingerprint density at radius 3 is 1.17 bits per heavy atom. The van der Waals surface area contributed by atoms with E-state index in [9.17, 15) is 4.79 Å². The van der Waals surface area contributed by atoms with Crippen LogP contribution in [0.2, 0.25) is 65.0 Å². The molecule has 0 aromatic carbocycles. The lowest BCUT2D eigenvalue weighted by molar-refractivity contribution is -0.117. The molecule has 0 radical (unpaired) electrons. The smallest absolute Gasteiger partial charge is 0.315 e. The summed E-state index contributed by atoms with van der Waals surface area (Å²) in [5.74, 6) is 0.325. The van der Waals surface area contributed by atoms with Crippen LogP contribution in [0, 0.1) is 0 Å². The average Bonchev–Trinajstić information content (AvgIpc) is 2.47. The summed E-state index contributed by atoms with van der Waals surface area (Å²) in [6, 6.07) is 1.08. The average molecular weight is 589 g/mol. The van der Waals surface area contributed by atoms with Crippen LogP contribution in [0.15, 0.2) is 0 Å². The minimum Gasteiger partial charge on any atom is -0.437 e. The van der Waals surface area contributed by atoms with Gasteiger partial charge in [0.2, 0.25) is 0 Å². The Labute approximate surface area is 236 Å². The van der Waals surface area contributed by atoms with Gasteiger partial charge in [-0.3, -0.25) is 0 Å². The molecule has 8 heteroatoms. The van der Waals surface area contributed by atoms with Crippen molar-refractivity contribution in [1.29, 1.82) is 0 Å². The molecular weight excluding hydrogens is 513 g/mol. The first-order valence-corrected chi connectivity index (χ1v) is 24.3. The first kappa shape index (κ1) is 52.8. The van der Waals surface area contributed by atoms with Gasteiger partial charge in [0.15, 0.2) is 16.6 Å². The van der Waals surface area contributed by atoms with E-state index in [1.165, 1.54) is 51.4 Å². The fraction of sp³-hybridized carbons (Fsp3) is 0.964. The van der Waals surface area contributed by atoms with Crippen LogP contribution in [0.5, 0.6) is 0 Å². The number of hydrogen-bond acceptors (Lipinski definition) is 4. The number of carbonyl (C=O) groups is 1. The van der Waals surface area contributed by atoms with E-state index in [0.717, 1.165) is 18.9 Å². The Bertz CT molecular complexity index is 489. The highest BCUT2D eigenvalue weighted by Crippen LogP contribution is 2.28. The van der Waals surface area contributed by atoms with Crippen molar-refractivity contribution >= 4 is 39.5 Å². The van der Waals surface area contributed by atoms with Gasteiger partial charge in [-0.25, -0.2) is 0 Å². The molecule has 0 rings (SSSR count). The van der Waals surface area contributed by atoms with Gasteiger partial charge in [0, 0.05) is 6.42 Å². The van der Waals surface area contributed by atoms with E-state index < -0.39 is 33.8 Å². The van der Waals surface area contributed by atoms with Crippen LogP contribution < -0.4 is 0 Å². The largest absolute Gasteiger partial charge is 0.437 e. The third-order valence-electron chi connectivity index (χ3n) is 4.70. The third kappa shape index (κ3) is 34.4. The molecule has 0 aliphatic heterocycles. The molecule has 0 aromatic rings. The lowest BCUT2D eigenvalue weighted by Crippen LogP contribution is -2.56. The summed E-state index contributed by atoms with van der Waals surface area (Å²) in [7, 11) is -7.69. The van der Waals surface area contributed by atoms with Gasteiger partial charge >= 0.3 is 17.1 Å². The Balaban J connectivity index is -0.000000280.